The Morgan fingerprint density at radius 3 is 2.48 bits per heavy atom. The fraction of sp³-hybridized carbons (Fsp3) is 0.432. The van der Waals surface area contributed by atoms with Gasteiger partial charge in [0.15, 0.2) is 6.10 Å². The number of pyridine rings is 2. The predicted octanol–water partition coefficient (Wildman–Crippen LogP) is 5.00. The van der Waals surface area contributed by atoms with E-state index in [-0.39, 0.29) is 48.4 Å². The number of imide groups is 1. The van der Waals surface area contributed by atoms with Crippen molar-refractivity contribution in [2.24, 2.45) is 7.05 Å². The first-order valence-electron chi connectivity index (χ1n) is 18.2. The van der Waals surface area contributed by atoms with Crippen molar-refractivity contribution in [2.75, 3.05) is 18.4 Å². The van der Waals surface area contributed by atoms with Crippen LogP contribution in [-0.4, -0.2) is 82.7 Å². The fourth-order valence-electron chi connectivity index (χ4n) is 8.07. The van der Waals surface area contributed by atoms with E-state index in [0.717, 1.165) is 12.1 Å². The molecule has 1 aromatic carbocycles. The molecule has 0 bridgehead atoms. The van der Waals surface area contributed by atoms with Crippen molar-refractivity contribution in [1.82, 2.24) is 39.1 Å². The number of rotatable bonds is 7. The number of anilines is 1. The summed E-state index contributed by atoms with van der Waals surface area (Å²) in [6.45, 7) is -0.120. The van der Waals surface area contributed by atoms with Crippen LogP contribution >= 0.6 is 0 Å². The Balaban J connectivity index is 0.892. The van der Waals surface area contributed by atoms with Crippen LogP contribution in [0.1, 0.15) is 73.2 Å². The highest BCUT2D eigenvalue weighted by Crippen LogP contribution is 2.39. The van der Waals surface area contributed by atoms with Crippen LogP contribution in [0, 0.1) is 0 Å². The monoisotopic (exact) mass is 781 g/mol. The second kappa shape index (κ2) is 14.1. The predicted molar refractivity (Wildman–Crippen MR) is 190 cm³/mol. The molecule has 2 unspecified atom stereocenters. The number of nitrogens with zero attached hydrogens (tertiary/aromatic N) is 7. The molecule has 2 N–H and O–H groups in total. The number of imidazole rings is 1. The first kappa shape index (κ1) is 37.2. The molecule has 0 spiro atoms. The summed E-state index contributed by atoms with van der Waals surface area (Å²) < 4.78 is 81.2. The molecular weight excluding hydrogens is 745 g/mol. The van der Waals surface area contributed by atoms with Gasteiger partial charge in [-0.3, -0.25) is 38.4 Å². The molecule has 5 aromatic rings. The number of piperidine rings is 2. The number of alkyl halides is 5. The Bertz CT molecular complexity index is 2420. The lowest BCUT2D eigenvalue weighted by Gasteiger charge is -2.43. The quantitative estimate of drug-likeness (QED) is 0.171. The van der Waals surface area contributed by atoms with E-state index in [4.69, 9.17) is 4.74 Å². The van der Waals surface area contributed by atoms with Gasteiger partial charge >= 0.3 is 11.9 Å². The van der Waals surface area contributed by atoms with Gasteiger partial charge in [0.25, 0.3) is 11.8 Å². The van der Waals surface area contributed by atoms with Crippen LogP contribution in [0.4, 0.5) is 27.8 Å². The van der Waals surface area contributed by atoms with Crippen LogP contribution in [0.15, 0.2) is 59.7 Å². The molecule has 2 atom stereocenters. The third-order valence-corrected chi connectivity index (χ3v) is 10.9. The zero-order chi connectivity index (χ0) is 39.5. The summed E-state index contributed by atoms with van der Waals surface area (Å²) >= 11 is 0. The van der Waals surface area contributed by atoms with E-state index in [2.05, 4.69) is 25.7 Å². The van der Waals surface area contributed by atoms with Gasteiger partial charge < -0.3 is 10.1 Å². The van der Waals surface area contributed by atoms with Crippen molar-refractivity contribution in [3.63, 3.8) is 0 Å². The van der Waals surface area contributed by atoms with Crippen molar-refractivity contribution in [2.45, 2.75) is 81.3 Å². The smallest absolute Gasteiger partial charge is 0.433 e. The minimum absolute atomic E-state index is 0.00741. The lowest BCUT2D eigenvalue weighted by Crippen LogP contribution is -2.56. The maximum atomic E-state index is 15.8. The molecule has 294 valence electrons. The van der Waals surface area contributed by atoms with Crippen molar-refractivity contribution < 1.29 is 41.1 Å². The van der Waals surface area contributed by atoms with Gasteiger partial charge in [0.2, 0.25) is 11.8 Å². The summed E-state index contributed by atoms with van der Waals surface area (Å²) in [6, 6.07) is 8.35. The Morgan fingerprint density at radius 2 is 1.75 bits per heavy atom. The standard InChI is InChI=1S/C37H36F5N9O5/c1-48-32-25(51(35(48)55)26-12-13-31(52)46-34(26)54)5-3-6-27(32)56-29-14-15-49(19-36(29,38)39)21-8-10-22(11-9-21)50-18-20-16-30(43-17-24(20)47-50)45-33(53)23-4-2-7-28(44-23)37(40,41)42/h2-7,16-18,21-22,26,29H,8-15,19H2,1H3,(H,45,53)(H,46,52,54). The van der Waals surface area contributed by atoms with E-state index in [9.17, 15) is 32.3 Å². The summed E-state index contributed by atoms with van der Waals surface area (Å²) in [7, 11) is 1.49. The van der Waals surface area contributed by atoms with Crippen molar-refractivity contribution >= 4 is 45.5 Å². The molecule has 3 amide bonds. The Labute approximate surface area is 314 Å². The second-order valence-corrected chi connectivity index (χ2v) is 14.5. The summed E-state index contributed by atoms with van der Waals surface area (Å²) in [5.41, 5.74) is -0.929. The number of nitrogens with one attached hydrogen (secondary N) is 2. The number of carbonyl (C=O) groups is 3. The van der Waals surface area contributed by atoms with Crippen LogP contribution in [-0.2, 0) is 22.8 Å². The molecule has 3 fully saturated rings. The second-order valence-electron chi connectivity index (χ2n) is 14.5. The molecule has 4 aromatic heterocycles. The molecule has 8 rings (SSSR count). The van der Waals surface area contributed by atoms with E-state index in [1.54, 1.807) is 29.1 Å². The minimum atomic E-state index is -4.70. The summed E-state index contributed by atoms with van der Waals surface area (Å²) in [6.07, 6.45) is 0.0304. The van der Waals surface area contributed by atoms with E-state index >= 15 is 8.78 Å². The van der Waals surface area contributed by atoms with Gasteiger partial charge in [0.1, 0.15) is 40.0 Å². The number of fused-ring (bicyclic) bond motifs is 2. The maximum absolute atomic E-state index is 15.8. The number of aryl methyl sites for hydroxylation is 1. The van der Waals surface area contributed by atoms with Gasteiger partial charge in [0, 0.05) is 44.1 Å². The molecular formula is C37H36F5N9O5. The number of likely N-dealkylation sites (tertiary alicyclic amines) is 1. The Morgan fingerprint density at radius 1 is 1.00 bits per heavy atom. The van der Waals surface area contributed by atoms with Crippen molar-refractivity contribution in [3.8, 4) is 5.75 Å². The van der Waals surface area contributed by atoms with Crippen molar-refractivity contribution in [1.29, 1.82) is 0 Å². The van der Waals surface area contributed by atoms with Gasteiger partial charge in [-0.1, -0.05) is 12.1 Å². The van der Waals surface area contributed by atoms with E-state index < -0.39 is 65.6 Å². The average Bonchev–Trinajstić information content (AvgIpc) is 3.70. The average molecular weight is 782 g/mol. The molecule has 2 aliphatic heterocycles. The minimum Gasteiger partial charge on any atom is -0.482 e. The number of halogens is 5. The number of ether oxygens (including phenoxy) is 1. The van der Waals surface area contributed by atoms with E-state index in [1.165, 1.54) is 34.5 Å². The topological polar surface area (TPSA) is 158 Å². The molecule has 1 saturated carbocycles. The van der Waals surface area contributed by atoms with Gasteiger partial charge in [-0.25, -0.2) is 23.5 Å². The Hall–Kier alpha value is -5.72. The SMILES string of the molecule is Cn1c(=O)n(C2CCC(=O)NC2=O)c2cccc(OC3CCN(C4CCC(n5cc6cc(NC(=O)c7cccc(C(F)(F)F)n7)ncc6n5)CC4)CC3(F)F)c21. The fourth-order valence-corrected chi connectivity index (χ4v) is 8.07. The zero-order valence-corrected chi connectivity index (χ0v) is 29.9. The largest absolute Gasteiger partial charge is 0.482 e. The molecule has 56 heavy (non-hydrogen) atoms. The summed E-state index contributed by atoms with van der Waals surface area (Å²) in [5, 5.41) is 10.0. The molecule has 19 heteroatoms. The van der Waals surface area contributed by atoms with Crippen LogP contribution < -0.4 is 21.1 Å². The van der Waals surface area contributed by atoms with Crippen LogP contribution in [0.25, 0.3) is 21.9 Å². The number of aromatic nitrogens is 6. The van der Waals surface area contributed by atoms with E-state index in [1.807, 2.05) is 4.90 Å². The van der Waals surface area contributed by atoms with Crippen LogP contribution in [0.3, 0.4) is 0 Å². The number of carbonyl (C=O) groups excluding carboxylic acids is 3. The lowest BCUT2D eigenvalue weighted by atomic mass is 9.88. The van der Waals surface area contributed by atoms with Gasteiger partial charge in [-0.05, 0) is 62.4 Å². The first-order chi connectivity index (χ1) is 26.7. The van der Waals surface area contributed by atoms with Gasteiger partial charge in [-0.15, -0.1) is 0 Å². The molecule has 3 aliphatic rings. The highest BCUT2D eigenvalue weighted by molar-refractivity contribution is 6.03. The van der Waals surface area contributed by atoms with Crippen molar-refractivity contribution in [3.05, 3.63) is 76.7 Å². The third-order valence-electron chi connectivity index (χ3n) is 10.9. The summed E-state index contributed by atoms with van der Waals surface area (Å²) in [5.74, 6) is -4.85. The normalized spacial score (nSPS) is 23.3. The highest BCUT2D eigenvalue weighted by atomic mass is 19.4. The van der Waals surface area contributed by atoms with E-state index in [0.29, 0.717) is 48.6 Å². The first-order valence-corrected chi connectivity index (χ1v) is 18.2. The number of hydrogen-bond acceptors (Lipinski definition) is 9. The maximum Gasteiger partial charge on any atom is 0.433 e. The number of para-hydroxylation sites is 1. The van der Waals surface area contributed by atoms with Gasteiger partial charge in [-0.2, -0.15) is 18.3 Å². The van der Waals surface area contributed by atoms with Gasteiger partial charge in [0.05, 0.1) is 24.3 Å². The third kappa shape index (κ3) is 6.99. The van der Waals surface area contributed by atoms with Crippen LogP contribution in [0.2, 0.25) is 0 Å². The number of amides is 3. The zero-order valence-electron chi connectivity index (χ0n) is 29.9. The lowest BCUT2D eigenvalue weighted by molar-refractivity contribution is -0.148. The number of hydrogen-bond donors (Lipinski definition) is 2. The summed E-state index contributed by atoms with van der Waals surface area (Å²) in [4.78, 5) is 59.6. The Kier molecular flexibility index (Phi) is 9.37. The molecule has 6 heterocycles. The molecule has 1 aliphatic carbocycles. The number of benzene rings is 1. The molecule has 0 radical (unpaired) electrons. The molecule has 2 saturated heterocycles. The molecule has 14 nitrogen and oxygen atoms in total. The highest BCUT2D eigenvalue weighted by Gasteiger charge is 2.48. The van der Waals surface area contributed by atoms with Crippen LogP contribution in [0.5, 0.6) is 5.75 Å².